The first-order valence-corrected chi connectivity index (χ1v) is 5.19. The number of ether oxygens (including phenoxy) is 3. The lowest BCUT2D eigenvalue weighted by Gasteiger charge is -2.39. The van der Waals surface area contributed by atoms with Gasteiger partial charge in [0.25, 0.3) is 0 Å². The summed E-state index contributed by atoms with van der Waals surface area (Å²) in [6.45, 7) is 0.927. The van der Waals surface area contributed by atoms with Crippen molar-refractivity contribution in [1.82, 2.24) is 5.32 Å². The van der Waals surface area contributed by atoms with E-state index in [0.29, 0.717) is 0 Å². The van der Waals surface area contributed by atoms with E-state index in [1.165, 1.54) is 21.1 Å². The topological polar surface area (TPSA) is 94.1 Å². The molecule has 1 rings (SSSR count). The molecule has 0 saturated carbocycles. The fraction of sp³-hybridized carbons (Fsp3) is 0.800. The van der Waals surface area contributed by atoms with Crippen LogP contribution in [0.15, 0.2) is 0 Å². The van der Waals surface area contributed by atoms with Gasteiger partial charge in [0.2, 0.25) is 5.91 Å². The first-order valence-electron chi connectivity index (χ1n) is 5.19. The number of hydrogen-bond acceptors (Lipinski definition) is 6. The smallest absolute Gasteiger partial charge is 0.331 e. The van der Waals surface area contributed by atoms with Crippen LogP contribution in [-0.4, -0.2) is 62.2 Å². The van der Waals surface area contributed by atoms with Gasteiger partial charge in [0, 0.05) is 21.1 Å². The van der Waals surface area contributed by atoms with Crippen LogP contribution in [0.2, 0.25) is 0 Å². The van der Waals surface area contributed by atoms with Crippen LogP contribution in [0.4, 0.5) is 0 Å². The van der Waals surface area contributed by atoms with Crippen LogP contribution in [0.3, 0.4) is 0 Å². The molecule has 0 unspecified atom stereocenters. The molecule has 1 heterocycles. The van der Waals surface area contributed by atoms with Gasteiger partial charge in [-0.3, -0.25) is 4.79 Å². The number of amides is 1. The first-order chi connectivity index (χ1) is 8.04. The van der Waals surface area contributed by atoms with Crippen molar-refractivity contribution in [3.05, 3.63) is 0 Å². The summed E-state index contributed by atoms with van der Waals surface area (Å²) in [5, 5.41) is 11.5. The largest absolute Gasteiger partial charge is 0.455 e. The maximum absolute atomic E-state index is 11.6. The molecule has 0 spiro atoms. The summed E-state index contributed by atoms with van der Waals surface area (Å²) in [5.41, 5.74) is 0. The monoisotopic (exact) mass is 247 g/mol. The molecule has 0 aromatic heterocycles. The second kappa shape index (κ2) is 5.95. The van der Waals surface area contributed by atoms with Crippen LogP contribution in [0, 0.1) is 0 Å². The molecule has 0 aromatic rings. The van der Waals surface area contributed by atoms with Gasteiger partial charge in [0.15, 0.2) is 12.1 Å². The quantitative estimate of drug-likeness (QED) is 0.583. The molecule has 17 heavy (non-hydrogen) atoms. The lowest BCUT2D eigenvalue weighted by molar-refractivity contribution is -0.198. The van der Waals surface area contributed by atoms with Crippen molar-refractivity contribution < 1.29 is 28.9 Å². The Balaban J connectivity index is 2.90. The number of cyclic esters (lactones) is 1. The van der Waals surface area contributed by atoms with Crippen LogP contribution in [0.25, 0.3) is 0 Å². The fourth-order valence-corrected chi connectivity index (χ4v) is 1.88. The zero-order valence-corrected chi connectivity index (χ0v) is 10.0. The highest BCUT2D eigenvalue weighted by atomic mass is 16.6. The average molecular weight is 247 g/mol. The van der Waals surface area contributed by atoms with Gasteiger partial charge in [-0.25, -0.2) is 4.79 Å². The summed E-state index contributed by atoms with van der Waals surface area (Å²) in [5.74, 6) is -1.01. The summed E-state index contributed by atoms with van der Waals surface area (Å²) < 4.78 is 15.3. The van der Waals surface area contributed by atoms with Gasteiger partial charge in [-0.15, -0.1) is 0 Å². The lowest BCUT2D eigenvalue weighted by atomic mass is 9.97. The number of aliphatic hydroxyl groups is 1. The second-order valence-corrected chi connectivity index (χ2v) is 3.74. The van der Waals surface area contributed by atoms with Crippen LogP contribution >= 0.6 is 0 Å². The molecule has 1 amide bonds. The molecular formula is C10H17NO6. The molecule has 1 aliphatic heterocycles. The number of hydrogen-bond donors (Lipinski definition) is 2. The van der Waals surface area contributed by atoms with Gasteiger partial charge in [-0.1, -0.05) is 0 Å². The number of nitrogens with one attached hydrogen (secondary N) is 1. The van der Waals surface area contributed by atoms with Crippen LogP contribution in [-0.2, 0) is 23.8 Å². The Hall–Kier alpha value is -1.18. The van der Waals surface area contributed by atoms with Crippen molar-refractivity contribution in [3.8, 4) is 0 Å². The molecule has 7 heteroatoms. The Morgan fingerprint density at radius 1 is 1.41 bits per heavy atom. The number of aliphatic hydroxyl groups excluding tert-OH is 1. The normalized spacial score (nSPS) is 33.1. The van der Waals surface area contributed by atoms with E-state index in [2.05, 4.69) is 5.32 Å². The molecule has 0 aliphatic carbocycles. The lowest BCUT2D eigenvalue weighted by Crippen LogP contribution is -2.63. The zero-order chi connectivity index (χ0) is 13.0. The molecule has 1 saturated heterocycles. The highest BCUT2D eigenvalue weighted by Gasteiger charge is 2.47. The molecule has 4 atom stereocenters. The number of rotatable bonds is 4. The Kier molecular flexibility index (Phi) is 4.86. The number of methoxy groups -OCH3 is 2. The third-order valence-corrected chi connectivity index (χ3v) is 2.62. The molecule has 1 aliphatic rings. The molecule has 0 aromatic carbocycles. The van der Waals surface area contributed by atoms with Crippen LogP contribution < -0.4 is 5.32 Å². The first kappa shape index (κ1) is 13.9. The standard InChI is InChI=1S/C10H17NO6/c1-5(13)11-7-9(16-3)8(15-2)6(4-12)17-10(7)14/h6-9,12H,4H2,1-3H3,(H,11,13)/t6-,7-,8-,9-/m1/s1. The van der Waals surface area contributed by atoms with Crippen molar-refractivity contribution in [3.63, 3.8) is 0 Å². The Morgan fingerprint density at radius 2 is 2.00 bits per heavy atom. The summed E-state index contributed by atoms with van der Waals surface area (Å²) in [7, 11) is 2.82. The molecule has 1 fully saturated rings. The minimum atomic E-state index is -0.926. The highest BCUT2D eigenvalue weighted by Crippen LogP contribution is 2.21. The van der Waals surface area contributed by atoms with Crippen LogP contribution in [0.1, 0.15) is 6.92 Å². The fourth-order valence-electron chi connectivity index (χ4n) is 1.88. The minimum Gasteiger partial charge on any atom is -0.455 e. The second-order valence-electron chi connectivity index (χ2n) is 3.74. The summed E-state index contributed by atoms with van der Waals surface area (Å²) in [6, 6.07) is -0.926. The molecule has 0 radical (unpaired) electrons. The predicted octanol–water partition coefficient (Wildman–Crippen LogP) is -1.56. The maximum atomic E-state index is 11.6. The van der Waals surface area contributed by atoms with E-state index in [9.17, 15) is 9.59 Å². The molecule has 0 bridgehead atoms. The van der Waals surface area contributed by atoms with Gasteiger partial charge in [0.05, 0.1) is 6.61 Å². The van der Waals surface area contributed by atoms with Crippen molar-refractivity contribution in [2.75, 3.05) is 20.8 Å². The Bertz CT molecular complexity index is 295. The molecule has 98 valence electrons. The Labute approximate surface area is 99.0 Å². The summed E-state index contributed by atoms with van der Waals surface area (Å²) >= 11 is 0. The number of carbonyl (C=O) groups excluding carboxylic acids is 2. The van der Waals surface area contributed by atoms with Crippen molar-refractivity contribution in [2.45, 2.75) is 31.3 Å². The van der Waals surface area contributed by atoms with E-state index < -0.39 is 30.3 Å². The van der Waals surface area contributed by atoms with Gasteiger partial charge >= 0.3 is 5.97 Å². The van der Waals surface area contributed by atoms with Gasteiger partial charge in [-0.2, -0.15) is 0 Å². The van der Waals surface area contributed by atoms with E-state index >= 15 is 0 Å². The SMILES string of the molecule is CO[C@H]1[C@H](OC)[C@@H](NC(C)=O)C(=O)O[C@@H]1CO. The maximum Gasteiger partial charge on any atom is 0.331 e. The highest BCUT2D eigenvalue weighted by molar-refractivity contribution is 5.84. The van der Waals surface area contributed by atoms with Crippen molar-refractivity contribution in [1.29, 1.82) is 0 Å². The van der Waals surface area contributed by atoms with Crippen LogP contribution in [0.5, 0.6) is 0 Å². The van der Waals surface area contributed by atoms with Crippen molar-refractivity contribution >= 4 is 11.9 Å². The van der Waals surface area contributed by atoms with Crippen molar-refractivity contribution in [2.24, 2.45) is 0 Å². The predicted molar refractivity (Wildman–Crippen MR) is 56.2 cm³/mol. The van der Waals surface area contributed by atoms with Gasteiger partial charge in [-0.05, 0) is 0 Å². The molecular weight excluding hydrogens is 230 g/mol. The Morgan fingerprint density at radius 3 is 2.41 bits per heavy atom. The average Bonchev–Trinajstić information content (AvgIpc) is 2.30. The van der Waals surface area contributed by atoms with E-state index in [1.807, 2.05) is 0 Å². The van der Waals surface area contributed by atoms with Gasteiger partial charge < -0.3 is 24.6 Å². The third-order valence-electron chi connectivity index (χ3n) is 2.62. The van der Waals surface area contributed by atoms with E-state index in [-0.39, 0.29) is 12.5 Å². The zero-order valence-electron chi connectivity index (χ0n) is 10.0. The summed E-state index contributed by atoms with van der Waals surface area (Å²) in [4.78, 5) is 22.6. The number of carbonyl (C=O) groups is 2. The van der Waals surface area contributed by atoms with E-state index in [0.717, 1.165) is 0 Å². The minimum absolute atomic E-state index is 0.364. The van der Waals surface area contributed by atoms with E-state index in [4.69, 9.17) is 19.3 Å². The summed E-state index contributed by atoms with van der Waals surface area (Å²) in [6.07, 6.45) is -2.11. The molecule has 7 nitrogen and oxygen atoms in total. The number of esters is 1. The van der Waals surface area contributed by atoms with Gasteiger partial charge in [0.1, 0.15) is 12.2 Å². The van der Waals surface area contributed by atoms with E-state index in [1.54, 1.807) is 0 Å². The molecule has 2 N–H and O–H groups in total. The third kappa shape index (κ3) is 2.93.